The number of fused-ring (bicyclic) bond motifs is 1. The van der Waals surface area contributed by atoms with E-state index in [9.17, 15) is 4.79 Å². The molecule has 3 rings (SSSR count). The number of imidazole rings is 1. The molecule has 1 amide bonds. The summed E-state index contributed by atoms with van der Waals surface area (Å²) in [6.07, 6.45) is 3.80. The fraction of sp³-hybridized carbons (Fsp3) is 0.222. The third-order valence-corrected chi connectivity index (χ3v) is 4.75. The highest BCUT2D eigenvalue weighted by Crippen LogP contribution is 2.26. The number of carbonyl (C=O) groups excluding carboxylic acids is 1. The van der Waals surface area contributed by atoms with Gasteiger partial charge in [-0.25, -0.2) is 4.98 Å². The summed E-state index contributed by atoms with van der Waals surface area (Å²) in [7, 11) is 0. The van der Waals surface area contributed by atoms with Gasteiger partial charge in [0.05, 0.1) is 17.0 Å². The van der Waals surface area contributed by atoms with Gasteiger partial charge in [-0.05, 0) is 38.1 Å². The van der Waals surface area contributed by atoms with E-state index in [1.54, 1.807) is 0 Å². The fourth-order valence-corrected chi connectivity index (χ4v) is 3.45. The first kappa shape index (κ1) is 15.6. The van der Waals surface area contributed by atoms with E-state index in [1.165, 1.54) is 11.8 Å². The van der Waals surface area contributed by atoms with Gasteiger partial charge in [-0.3, -0.25) is 9.20 Å². The number of para-hydroxylation sites is 1. The van der Waals surface area contributed by atoms with Gasteiger partial charge in [0.2, 0.25) is 5.91 Å². The third kappa shape index (κ3) is 3.24. The molecular weight excluding hydrogens is 306 g/mol. The Labute approximate surface area is 140 Å². The number of carbonyl (C=O) groups is 1. The molecule has 0 aliphatic heterocycles. The Morgan fingerprint density at radius 2 is 1.96 bits per heavy atom. The lowest BCUT2D eigenvalue weighted by molar-refractivity contribution is -0.117. The zero-order chi connectivity index (χ0) is 16.2. The van der Waals surface area contributed by atoms with Crippen LogP contribution in [0.1, 0.15) is 13.8 Å². The average Bonchev–Trinajstić information content (AvgIpc) is 2.99. The smallest absolute Gasteiger partial charge is 0.240 e. The lowest BCUT2D eigenvalue weighted by Crippen LogP contribution is -2.36. The Kier molecular flexibility index (Phi) is 4.67. The molecule has 2 heterocycles. The Hall–Kier alpha value is -2.27. The Bertz CT molecular complexity index is 800. The third-order valence-electron chi connectivity index (χ3n) is 3.68. The average molecular weight is 325 g/mol. The molecule has 5 heteroatoms. The first-order valence-electron chi connectivity index (χ1n) is 7.66. The summed E-state index contributed by atoms with van der Waals surface area (Å²) in [6.45, 7) is 4.58. The van der Waals surface area contributed by atoms with Crippen molar-refractivity contribution in [3.05, 3.63) is 60.9 Å². The van der Waals surface area contributed by atoms with Crippen LogP contribution in [0.25, 0.3) is 5.52 Å². The number of hydrogen-bond donors (Lipinski definition) is 0. The van der Waals surface area contributed by atoms with Gasteiger partial charge in [0.25, 0.3) is 0 Å². The zero-order valence-corrected chi connectivity index (χ0v) is 14.0. The van der Waals surface area contributed by atoms with E-state index in [2.05, 4.69) is 4.98 Å². The molecule has 0 fully saturated rings. The van der Waals surface area contributed by atoms with Crippen molar-refractivity contribution in [3.63, 3.8) is 0 Å². The fourth-order valence-electron chi connectivity index (χ4n) is 2.51. The summed E-state index contributed by atoms with van der Waals surface area (Å²) in [5, 5.41) is 0.631. The molecular formula is C18H19N3OS. The van der Waals surface area contributed by atoms with Crippen LogP contribution in [0.4, 0.5) is 5.69 Å². The summed E-state index contributed by atoms with van der Waals surface area (Å²) >= 11 is 1.49. The predicted octanol–water partition coefficient (Wildman–Crippen LogP) is 3.87. The van der Waals surface area contributed by atoms with E-state index < -0.39 is 0 Å². The molecule has 0 bridgehead atoms. The highest BCUT2D eigenvalue weighted by molar-refractivity contribution is 8.00. The van der Waals surface area contributed by atoms with Gasteiger partial charge in [-0.15, -0.1) is 0 Å². The van der Waals surface area contributed by atoms with Crippen LogP contribution in [0, 0.1) is 0 Å². The van der Waals surface area contributed by atoms with Crippen LogP contribution in [-0.2, 0) is 4.79 Å². The summed E-state index contributed by atoms with van der Waals surface area (Å²) in [6, 6.07) is 15.7. The van der Waals surface area contributed by atoms with E-state index in [0.29, 0.717) is 6.54 Å². The van der Waals surface area contributed by atoms with Gasteiger partial charge in [0, 0.05) is 18.4 Å². The lowest BCUT2D eigenvalue weighted by Gasteiger charge is -2.24. The van der Waals surface area contributed by atoms with Crippen LogP contribution in [-0.4, -0.2) is 27.1 Å². The summed E-state index contributed by atoms with van der Waals surface area (Å²) in [5.74, 6) is 0.0939. The maximum Gasteiger partial charge on any atom is 0.240 e. The SMILES string of the molecule is CCN(C(=O)[C@H](C)Sc1ncc2ccccn12)c1ccccc1. The molecule has 0 saturated heterocycles. The summed E-state index contributed by atoms with van der Waals surface area (Å²) in [4.78, 5) is 19.0. The van der Waals surface area contributed by atoms with Gasteiger partial charge >= 0.3 is 0 Å². The molecule has 0 unspecified atom stereocenters. The van der Waals surface area contributed by atoms with Crippen LogP contribution in [0.2, 0.25) is 0 Å². The number of thioether (sulfide) groups is 1. The lowest BCUT2D eigenvalue weighted by atomic mass is 10.2. The maximum absolute atomic E-state index is 12.8. The standard InChI is InChI=1S/C18H19N3OS/c1-3-20(15-9-5-4-6-10-15)17(22)14(2)23-18-19-13-16-11-7-8-12-21(16)18/h4-14H,3H2,1-2H3/t14-/m0/s1. The molecule has 3 aromatic rings. The van der Waals surface area contributed by atoms with E-state index in [0.717, 1.165) is 16.4 Å². The Morgan fingerprint density at radius 1 is 1.22 bits per heavy atom. The first-order valence-corrected chi connectivity index (χ1v) is 8.54. The number of nitrogens with zero attached hydrogens (tertiary/aromatic N) is 3. The Balaban J connectivity index is 1.79. The minimum Gasteiger partial charge on any atom is -0.312 e. The second-order valence-electron chi connectivity index (χ2n) is 5.21. The number of benzene rings is 1. The quantitative estimate of drug-likeness (QED) is 0.668. The molecule has 0 saturated carbocycles. The van der Waals surface area contributed by atoms with Crippen molar-refractivity contribution in [3.8, 4) is 0 Å². The predicted molar refractivity (Wildman–Crippen MR) is 95.0 cm³/mol. The largest absolute Gasteiger partial charge is 0.312 e. The van der Waals surface area contributed by atoms with Crippen LogP contribution >= 0.6 is 11.8 Å². The van der Waals surface area contributed by atoms with Crippen LogP contribution in [0.15, 0.2) is 66.1 Å². The van der Waals surface area contributed by atoms with Crippen molar-refractivity contribution in [1.29, 1.82) is 0 Å². The van der Waals surface area contributed by atoms with Gasteiger partial charge < -0.3 is 4.90 Å². The zero-order valence-electron chi connectivity index (χ0n) is 13.2. The van der Waals surface area contributed by atoms with E-state index >= 15 is 0 Å². The normalized spacial score (nSPS) is 12.3. The first-order chi connectivity index (χ1) is 11.2. The number of rotatable bonds is 5. The van der Waals surface area contributed by atoms with E-state index in [1.807, 2.05) is 84.1 Å². The molecule has 0 aliphatic rings. The minimum absolute atomic E-state index is 0.0939. The molecule has 4 nitrogen and oxygen atoms in total. The van der Waals surface area contributed by atoms with Crippen LogP contribution in [0.3, 0.4) is 0 Å². The molecule has 0 spiro atoms. The molecule has 0 aliphatic carbocycles. The monoisotopic (exact) mass is 325 g/mol. The van der Waals surface area contributed by atoms with Gasteiger partial charge in [-0.2, -0.15) is 0 Å². The second-order valence-corrected chi connectivity index (χ2v) is 6.52. The van der Waals surface area contributed by atoms with Crippen molar-refractivity contribution in [2.24, 2.45) is 0 Å². The molecule has 23 heavy (non-hydrogen) atoms. The Morgan fingerprint density at radius 3 is 2.70 bits per heavy atom. The van der Waals surface area contributed by atoms with Gasteiger partial charge in [0.15, 0.2) is 5.16 Å². The minimum atomic E-state index is -0.207. The molecule has 2 aromatic heterocycles. The molecule has 1 atom stereocenters. The van der Waals surface area contributed by atoms with E-state index in [-0.39, 0.29) is 11.2 Å². The van der Waals surface area contributed by atoms with Gasteiger partial charge in [-0.1, -0.05) is 36.0 Å². The van der Waals surface area contributed by atoms with Crippen molar-refractivity contribution in [1.82, 2.24) is 9.38 Å². The van der Waals surface area contributed by atoms with Crippen LogP contribution in [0.5, 0.6) is 0 Å². The maximum atomic E-state index is 12.8. The van der Waals surface area contributed by atoms with Crippen molar-refractivity contribution in [2.75, 3.05) is 11.4 Å². The van der Waals surface area contributed by atoms with Crippen LogP contribution < -0.4 is 4.90 Å². The van der Waals surface area contributed by atoms with Crippen molar-refractivity contribution < 1.29 is 4.79 Å². The van der Waals surface area contributed by atoms with Crippen molar-refractivity contribution in [2.45, 2.75) is 24.3 Å². The van der Waals surface area contributed by atoms with E-state index in [4.69, 9.17) is 0 Å². The second kappa shape index (κ2) is 6.87. The topological polar surface area (TPSA) is 37.6 Å². The summed E-state index contributed by atoms with van der Waals surface area (Å²) < 4.78 is 2.01. The number of amides is 1. The molecule has 0 radical (unpaired) electrons. The molecule has 1 aromatic carbocycles. The highest BCUT2D eigenvalue weighted by atomic mass is 32.2. The number of anilines is 1. The number of aromatic nitrogens is 2. The number of hydrogen-bond acceptors (Lipinski definition) is 3. The van der Waals surface area contributed by atoms with Gasteiger partial charge in [0.1, 0.15) is 0 Å². The molecule has 0 N–H and O–H groups in total. The highest BCUT2D eigenvalue weighted by Gasteiger charge is 2.23. The summed E-state index contributed by atoms with van der Waals surface area (Å²) in [5.41, 5.74) is 1.96. The number of pyridine rings is 1. The molecule has 118 valence electrons. The van der Waals surface area contributed by atoms with Crippen molar-refractivity contribution >= 4 is 28.9 Å².